The van der Waals surface area contributed by atoms with Gasteiger partial charge >= 0.3 is 0 Å². The predicted octanol–water partition coefficient (Wildman–Crippen LogP) is 4.47. The lowest BCUT2D eigenvalue weighted by molar-refractivity contribution is 0.291. The molecule has 1 aromatic rings. The molecule has 1 rings (SSSR count). The second-order valence-corrected chi connectivity index (χ2v) is 7.17. The van der Waals surface area contributed by atoms with Gasteiger partial charge in [0.05, 0.1) is 8.81 Å². The minimum Gasteiger partial charge on any atom is -0.312 e. The molecule has 1 atom stereocenters. The van der Waals surface area contributed by atoms with Crippen LogP contribution in [0.15, 0.2) is 9.85 Å². The zero-order valence-corrected chi connectivity index (χ0v) is 12.0. The molecule has 1 unspecified atom stereocenters. The summed E-state index contributed by atoms with van der Waals surface area (Å²) in [4.78, 5) is 1.27. The summed E-state index contributed by atoms with van der Waals surface area (Å²) in [6, 6.07) is 2.37. The molecule has 80 valence electrons. The minimum atomic E-state index is 0.197. The number of thiophene rings is 1. The van der Waals surface area contributed by atoms with Gasteiger partial charge in [-0.2, -0.15) is 0 Å². The standard InChI is InChI=1S/C10H15BrClNS/c1-10(2,3)8(13-4)7-5-6(12)9(11)14-7/h5,8,13H,1-4H3. The van der Waals surface area contributed by atoms with Crippen molar-refractivity contribution in [3.63, 3.8) is 0 Å². The van der Waals surface area contributed by atoms with E-state index in [4.69, 9.17) is 11.6 Å². The van der Waals surface area contributed by atoms with Gasteiger partial charge < -0.3 is 5.32 Å². The molecule has 0 bridgehead atoms. The minimum absolute atomic E-state index is 0.197. The molecule has 14 heavy (non-hydrogen) atoms. The Hall–Kier alpha value is 0.430. The highest BCUT2D eigenvalue weighted by Crippen LogP contribution is 2.41. The van der Waals surface area contributed by atoms with Crippen LogP contribution in [0.25, 0.3) is 0 Å². The highest BCUT2D eigenvalue weighted by Gasteiger charge is 2.26. The van der Waals surface area contributed by atoms with Crippen LogP contribution < -0.4 is 5.32 Å². The van der Waals surface area contributed by atoms with E-state index in [1.165, 1.54) is 4.88 Å². The lowest BCUT2D eigenvalue weighted by atomic mass is 9.86. The molecular weight excluding hydrogens is 282 g/mol. The van der Waals surface area contributed by atoms with E-state index in [1.807, 2.05) is 13.1 Å². The third kappa shape index (κ3) is 2.72. The molecule has 0 aromatic carbocycles. The predicted molar refractivity (Wildman–Crippen MR) is 68.3 cm³/mol. The molecule has 0 aliphatic rings. The summed E-state index contributed by atoms with van der Waals surface area (Å²) in [6.07, 6.45) is 0. The maximum Gasteiger partial charge on any atom is 0.0888 e. The van der Waals surface area contributed by atoms with E-state index in [-0.39, 0.29) is 5.41 Å². The van der Waals surface area contributed by atoms with E-state index in [0.717, 1.165) is 8.81 Å². The molecule has 0 fully saturated rings. The lowest BCUT2D eigenvalue weighted by Crippen LogP contribution is -2.28. The average molecular weight is 297 g/mol. The van der Waals surface area contributed by atoms with Crippen molar-refractivity contribution in [2.24, 2.45) is 5.41 Å². The van der Waals surface area contributed by atoms with Crippen LogP contribution in [-0.2, 0) is 0 Å². The number of nitrogens with one attached hydrogen (secondary N) is 1. The monoisotopic (exact) mass is 295 g/mol. The van der Waals surface area contributed by atoms with Crippen molar-refractivity contribution < 1.29 is 0 Å². The molecule has 1 heterocycles. The summed E-state index contributed by atoms with van der Waals surface area (Å²) < 4.78 is 1.01. The fraction of sp³-hybridized carbons (Fsp3) is 0.600. The quantitative estimate of drug-likeness (QED) is 0.849. The first-order valence-electron chi connectivity index (χ1n) is 4.48. The van der Waals surface area contributed by atoms with Gasteiger partial charge in [-0.15, -0.1) is 11.3 Å². The molecule has 1 aromatic heterocycles. The molecule has 0 radical (unpaired) electrons. The smallest absolute Gasteiger partial charge is 0.0888 e. The van der Waals surface area contributed by atoms with Gasteiger partial charge in [-0.3, -0.25) is 0 Å². The van der Waals surface area contributed by atoms with Gasteiger partial charge in [-0.05, 0) is 34.5 Å². The van der Waals surface area contributed by atoms with Crippen LogP contribution in [0, 0.1) is 5.41 Å². The van der Waals surface area contributed by atoms with E-state index in [1.54, 1.807) is 11.3 Å². The Balaban J connectivity index is 3.01. The third-order valence-electron chi connectivity index (χ3n) is 2.10. The van der Waals surface area contributed by atoms with E-state index >= 15 is 0 Å². The number of halogens is 2. The van der Waals surface area contributed by atoms with Crippen molar-refractivity contribution >= 4 is 38.9 Å². The molecule has 4 heteroatoms. The summed E-state index contributed by atoms with van der Waals surface area (Å²) in [5.74, 6) is 0. The molecule has 0 saturated heterocycles. The van der Waals surface area contributed by atoms with Gasteiger partial charge in [0, 0.05) is 10.9 Å². The lowest BCUT2D eigenvalue weighted by Gasteiger charge is -2.29. The second-order valence-electron chi connectivity index (χ2n) is 4.36. The fourth-order valence-corrected chi connectivity index (χ4v) is 3.61. The highest BCUT2D eigenvalue weighted by atomic mass is 79.9. The molecular formula is C10H15BrClNS. The van der Waals surface area contributed by atoms with Crippen molar-refractivity contribution in [1.29, 1.82) is 0 Å². The Morgan fingerprint density at radius 2 is 2.07 bits per heavy atom. The van der Waals surface area contributed by atoms with Crippen LogP contribution in [0.3, 0.4) is 0 Å². The molecule has 1 nitrogen and oxygen atoms in total. The van der Waals surface area contributed by atoms with Crippen LogP contribution in [0.1, 0.15) is 31.7 Å². The van der Waals surface area contributed by atoms with E-state index in [2.05, 4.69) is 42.0 Å². The van der Waals surface area contributed by atoms with Gasteiger partial charge in [0.2, 0.25) is 0 Å². The average Bonchev–Trinajstić information content (AvgIpc) is 2.30. The molecule has 0 aliphatic heterocycles. The van der Waals surface area contributed by atoms with Gasteiger partial charge in [0.15, 0.2) is 0 Å². The van der Waals surface area contributed by atoms with Crippen LogP contribution in [0.5, 0.6) is 0 Å². The second kappa shape index (κ2) is 4.52. The summed E-state index contributed by atoms with van der Waals surface area (Å²) in [5, 5.41) is 4.13. The molecule has 0 amide bonds. The highest BCUT2D eigenvalue weighted by molar-refractivity contribution is 9.11. The van der Waals surface area contributed by atoms with E-state index in [0.29, 0.717) is 6.04 Å². The third-order valence-corrected chi connectivity index (χ3v) is 4.64. The first-order chi connectivity index (χ1) is 6.36. The number of rotatable bonds is 2. The normalized spacial score (nSPS) is 14.4. The van der Waals surface area contributed by atoms with Crippen molar-refractivity contribution in [2.45, 2.75) is 26.8 Å². The topological polar surface area (TPSA) is 12.0 Å². The Morgan fingerprint density at radius 3 is 2.36 bits per heavy atom. The number of hydrogen-bond acceptors (Lipinski definition) is 2. The van der Waals surface area contributed by atoms with Gasteiger partial charge in [0.25, 0.3) is 0 Å². The van der Waals surface area contributed by atoms with Crippen LogP contribution in [0.4, 0.5) is 0 Å². The largest absolute Gasteiger partial charge is 0.312 e. The molecule has 0 spiro atoms. The SMILES string of the molecule is CNC(c1cc(Cl)c(Br)s1)C(C)(C)C. The van der Waals surface area contributed by atoms with E-state index in [9.17, 15) is 0 Å². The van der Waals surface area contributed by atoms with Gasteiger partial charge in [-0.25, -0.2) is 0 Å². The van der Waals surface area contributed by atoms with Crippen molar-refractivity contribution in [3.05, 3.63) is 19.8 Å². The first kappa shape index (κ1) is 12.5. The first-order valence-corrected chi connectivity index (χ1v) is 6.47. The van der Waals surface area contributed by atoms with Crippen LogP contribution in [-0.4, -0.2) is 7.05 Å². The summed E-state index contributed by atoms with van der Waals surface area (Å²) >= 11 is 11.2. The van der Waals surface area contributed by atoms with Gasteiger partial charge in [0.1, 0.15) is 0 Å². The molecule has 0 saturated carbocycles. The zero-order valence-electron chi connectivity index (χ0n) is 8.82. The number of hydrogen-bond donors (Lipinski definition) is 1. The fourth-order valence-electron chi connectivity index (χ4n) is 1.51. The zero-order chi connectivity index (χ0) is 10.9. The van der Waals surface area contributed by atoms with Crippen molar-refractivity contribution in [3.8, 4) is 0 Å². The van der Waals surface area contributed by atoms with E-state index < -0.39 is 0 Å². The van der Waals surface area contributed by atoms with Gasteiger partial charge in [-0.1, -0.05) is 32.4 Å². The summed E-state index contributed by atoms with van der Waals surface area (Å²) in [5.41, 5.74) is 0.197. The Morgan fingerprint density at radius 1 is 1.50 bits per heavy atom. The van der Waals surface area contributed by atoms with Crippen LogP contribution >= 0.6 is 38.9 Å². The molecule has 0 aliphatic carbocycles. The summed E-state index contributed by atoms with van der Waals surface area (Å²) in [6.45, 7) is 6.65. The molecule has 1 N–H and O–H groups in total. The Bertz CT molecular complexity index is 297. The van der Waals surface area contributed by atoms with Crippen molar-refractivity contribution in [1.82, 2.24) is 5.32 Å². The Labute approximate surface area is 103 Å². The maximum atomic E-state index is 6.02. The maximum absolute atomic E-state index is 6.02. The Kier molecular flexibility index (Phi) is 4.03. The summed E-state index contributed by atoms with van der Waals surface area (Å²) in [7, 11) is 1.98. The van der Waals surface area contributed by atoms with Crippen molar-refractivity contribution in [2.75, 3.05) is 7.05 Å². The van der Waals surface area contributed by atoms with Crippen LogP contribution in [0.2, 0.25) is 5.02 Å².